The molecule has 20 heavy (non-hydrogen) atoms. The third kappa shape index (κ3) is 3.97. The smallest absolute Gasteiger partial charge is 0.227 e. The number of halogens is 1. The Kier molecular flexibility index (Phi) is 5.86. The van der Waals surface area contributed by atoms with Crippen LogP contribution in [0.4, 0.5) is 0 Å². The van der Waals surface area contributed by atoms with E-state index in [-0.39, 0.29) is 11.8 Å². The van der Waals surface area contributed by atoms with Crippen molar-refractivity contribution in [2.75, 3.05) is 20.3 Å². The highest BCUT2D eigenvalue weighted by molar-refractivity contribution is 6.30. The van der Waals surface area contributed by atoms with Crippen LogP contribution in [0.15, 0.2) is 24.3 Å². The zero-order chi connectivity index (χ0) is 14.4. The molecule has 0 heterocycles. The summed E-state index contributed by atoms with van der Waals surface area (Å²) in [7, 11) is 1.64. The van der Waals surface area contributed by atoms with Crippen molar-refractivity contribution < 1.29 is 9.53 Å². The van der Waals surface area contributed by atoms with Crippen LogP contribution in [0.5, 0.6) is 0 Å². The predicted molar refractivity (Wildman–Crippen MR) is 81.0 cm³/mol. The Balaban J connectivity index is 2.11. The van der Waals surface area contributed by atoms with Gasteiger partial charge in [0.25, 0.3) is 0 Å². The van der Waals surface area contributed by atoms with Crippen molar-refractivity contribution in [3.05, 3.63) is 34.9 Å². The van der Waals surface area contributed by atoms with Crippen LogP contribution in [-0.4, -0.2) is 26.2 Å². The lowest BCUT2D eigenvalue weighted by Gasteiger charge is -2.23. The number of hydrogen-bond donors (Lipinski definition) is 1. The standard InChI is InChI=1S/C16H22ClNO2/c1-20-11-10-18-16(19)15(12-4-2-3-5-12)13-6-8-14(17)9-7-13/h6-9,12,15H,2-5,10-11H2,1H3,(H,18,19). The first kappa shape index (κ1) is 15.3. The van der Waals surface area contributed by atoms with E-state index in [4.69, 9.17) is 16.3 Å². The lowest BCUT2D eigenvalue weighted by Crippen LogP contribution is -2.34. The van der Waals surface area contributed by atoms with E-state index in [1.165, 1.54) is 12.8 Å². The first-order chi connectivity index (χ1) is 9.72. The maximum atomic E-state index is 12.5. The highest BCUT2D eigenvalue weighted by atomic mass is 35.5. The maximum Gasteiger partial charge on any atom is 0.227 e. The summed E-state index contributed by atoms with van der Waals surface area (Å²) in [6, 6.07) is 7.67. The molecule has 0 bridgehead atoms. The van der Waals surface area contributed by atoms with Crippen LogP contribution in [0.25, 0.3) is 0 Å². The Morgan fingerprint density at radius 2 is 2.00 bits per heavy atom. The second-order valence-electron chi connectivity index (χ2n) is 5.36. The number of methoxy groups -OCH3 is 1. The van der Waals surface area contributed by atoms with Crippen LogP contribution in [-0.2, 0) is 9.53 Å². The minimum atomic E-state index is -0.0633. The maximum absolute atomic E-state index is 12.5. The first-order valence-corrected chi connectivity index (χ1v) is 7.62. The molecule has 110 valence electrons. The predicted octanol–water partition coefficient (Wildman–Crippen LogP) is 3.38. The van der Waals surface area contributed by atoms with Gasteiger partial charge in [0.2, 0.25) is 5.91 Å². The number of amides is 1. The third-order valence-corrected chi connectivity index (χ3v) is 4.24. The van der Waals surface area contributed by atoms with Gasteiger partial charge in [-0.15, -0.1) is 0 Å². The molecule has 1 unspecified atom stereocenters. The van der Waals surface area contributed by atoms with Crippen molar-refractivity contribution in [2.24, 2.45) is 5.92 Å². The summed E-state index contributed by atoms with van der Waals surface area (Å²) in [6.45, 7) is 1.11. The molecule has 0 radical (unpaired) electrons. The topological polar surface area (TPSA) is 38.3 Å². The van der Waals surface area contributed by atoms with Crippen molar-refractivity contribution in [1.29, 1.82) is 0 Å². The molecular weight excluding hydrogens is 274 g/mol. The number of nitrogens with one attached hydrogen (secondary N) is 1. The first-order valence-electron chi connectivity index (χ1n) is 7.24. The van der Waals surface area contributed by atoms with Gasteiger partial charge in [-0.3, -0.25) is 4.79 Å². The number of carbonyl (C=O) groups is 1. The van der Waals surface area contributed by atoms with E-state index >= 15 is 0 Å². The van der Waals surface area contributed by atoms with Crippen molar-refractivity contribution in [3.63, 3.8) is 0 Å². The fourth-order valence-corrected chi connectivity index (χ4v) is 3.11. The van der Waals surface area contributed by atoms with E-state index in [0.29, 0.717) is 24.1 Å². The number of rotatable bonds is 6. The number of carbonyl (C=O) groups excluding carboxylic acids is 1. The Hall–Kier alpha value is -1.06. The summed E-state index contributed by atoms with van der Waals surface area (Å²) in [5.41, 5.74) is 1.07. The normalized spacial score (nSPS) is 17.1. The Labute approximate surface area is 125 Å². The van der Waals surface area contributed by atoms with E-state index in [9.17, 15) is 4.79 Å². The van der Waals surface area contributed by atoms with Gasteiger partial charge in [-0.25, -0.2) is 0 Å². The van der Waals surface area contributed by atoms with Crippen LogP contribution in [0.3, 0.4) is 0 Å². The zero-order valence-corrected chi connectivity index (χ0v) is 12.7. The molecule has 1 fully saturated rings. The molecule has 0 saturated heterocycles. The van der Waals surface area contributed by atoms with Crippen LogP contribution in [0.1, 0.15) is 37.2 Å². The Morgan fingerprint density at radius 1 is 1.35 bits per heavy atom. The largest absolute Gasteiger partial charge is 0.383 e. The quantitative estimate of drug-likeness (QED) is 0.817. The molecule has 4 heteroatoms. The van der Waals surface area contributed by atoms with Gasteiger partial charge in [0.15, 0.2) is 0 Å². The molecule has 1 aliphatic rings. The van der Waals surface area contributed by atoms with E-state index in [0.717, 1.165) is 18.4 Å². The molecule has 1 aromatic carbocycles. The van der Waals surface area contributed by atoms with Gasteiger partial charge in [-0.05, 0) is 36.5 Å². The minimum Gasteiger partial charge on any atom is -0.383 e. The molecule has 1 amide bonds. The summed E-state index contributed by atoms with van der Waals surface area (Å²) >= 11 is 5.94. The van der Waals surface area contributed by atoms with Gasteiger partial charge >= 0.3 is 0 Å². The molecule has 0 aromatic heterocycles. The van der Waals surface area contributed by atoms with E-state index in [1.54, 1.807) is 7.11 Å². The van der Waals surface area contributed by atoms with E-state index in [2.05, 4.69) is 5.32 Å². The summed E-state index contributed by atoms with van der Waals surface area (Å²) in [6.07, 6.45) is 4.70. The molecule has 2 rings (SSSR count). The molecule has 1 aromatic rings. The summed E-state index contributed by atoms with van der Waals surface area (Å²) in [5.74, 6) is 0.488. The monoisotopic (exact) mass is 295 g/mol. The van der Waals surface area contributed by atoms with Gasteiger partial charge in [0, 0.05) is 18.7 Å². The molecule has 1 atom stereocenters. The van der Waals surface area contributed by atoms with Crippen LogP contribution >= 0.6 is 11.6 Å². The molecule has 0 spiro atoms. The van der Waals surface area contributed by atoms with E-state index in [1.807, 2.05) is 24.3 Å². The SMILES string of the molecule is COCCNC(=O)C(c1ccc(Cl)cc1)C1CCCC1. The highest BCUT2D eigenvalue weighted by Gasteiger charge is 2.31. The average molecular weight is 296 g/mol. The lowest BCUT2D eigenvalue weighted by molar-refractivity contribution is -0.123. The molecule has 1 saturated carbocycles. The van der Waals surface area contributed by atoms with Crippen molar-refractivity contribution >= 4 is 17.5 Å². The van der Waals surface area contributed by atoms with Crippen LogP contribution in [0.2, 0.25) is 5.02 Å². The Morgan fingerprint density at radius 3 is 2.60 bits per heavy atom. The number of benzene rings is 1. The van der Waals surface area contributed by atoms with Gasteiger partial charge in [-0.2, -0.15) is 0 Å². The van der Waals surface area contributed by atoms with Gasteiger partial charge in [-0.1, -0.05) is 36.6 Å². The second-order valence-corrected chi connectivity index (χ2v) is 5.79. The lowest BCUT2D eigenvalue weighted by atomic mass is 9.84. The molecule has 3 nitrogen and oxygen atoms in total. The average Bonchev–Trinajstić information content (AvgIpc) is 2.95. The fraction of sp³-hybridized carbons (Fsp3) is 0.562. The Bertz CT molecular complexity index is 427. The summed E-state index contributed by atoms with van der Waals surface area (Å²) < 4.78 is 4.99. The molecule has 1 N–H and O–H groups in total. The van der Waals surface area contributed by atoms with Gasteiger partial charge in [0.1, 0.15) is 0 Å². The minimum absolute atomic E-state index is 0.0633. The fourth-order valence-electron chi connectivity index (χ4n) is 2.98. The van der Waals surface area contributed by atoms with Crippen molar-refractivity contribution in [2.45, 2.75) is 31.6 Å². The van der Waals surface area contributed by atoms with Crippen molar-refractivity contribution in [1.82, 2.24) is 5.32 Å². The van der Waals surface area contributed by atoms with Gasteiger partial charge < -0.3 is 10.1 Å². The van der Waals surface area contributed by atoms with Crippen LogP contribution < -0.4 is 5.32 Å². The summed E-state index contributed by atoms with van der Waals surface area (Å²) in [5, 5.41) is 3.68. The van der Waals surface area contributed by atoms with Crippen molar-refractivity contribution in [3.8, 4) is 0 Å². The van der Waals surface area contributed by atoms with E-state index < -0.39 is 0 Å². The summed E-state index contributed by atoms with van der Waals surface area (Å²) in [4.78, 5) is 12.5. The number of ether oxygens (including phenoxy) is 1. The molecule has 1 aliphatic carbocycles. The van der Waals surface area contributed by atoms with Crippen LogP contribution in [0, 0.1) is 5.92 Å². The zero-order valence-electron chi connectivity index (χ0n) is 11.9. The highest BCUT2D eigenvalue weighted by Crippen LogP contribution is 2.37. The number of hydrogen-bond acceptors (Lipinski definition) is 2. The third-order valence-electron chi connectivity index (χ3n) is 3.99. The molecule has 0 aliphatic heterocycles. The second kappa shape index (κ2) is 7.65. The molecular formula is C16H22ClNO2. The van der Waals surface area contributed by atoms with Gasteiger partial charge in [0.05, 0.1) is 12.5 Å².